The van der Waals surface area contributed by atoms with Gasteiger partial charge in [0.1, 0.15) is 0 Å². The number of halogens is 3. The first-order chi connectivity index (χ1) is 6.99. The third-order valence-electron chi connectivity index (χ3n) is 2.38. The van der Waals surface area contributed by atoms with Gasteiger partial charge in [-0.2, -0.15) is 13.2 Å². The third-order valence-corrected chi connectivity index (χ3v) is 2.38. The molecule has 0 bridgehead atoms. The van der Waals surface area contributed by atoms with Gasteiger partial charge in [0, 0.05) is 13.1 Å². The van der Waals surface area contributed by atoms with Crippen LogP contribution in [0.1, 0.15) is 19.3 Å². The lowest BCUT2D eigenvalue weighted by atomic mass is 9.99. The van der Waals surface area contributed by atoms with E-state index in [0.717, 1.165) is 19.4 Å². The SMILES string of the molecule is O=C(NCCC(F)(F)F)[C@H]1CCCNC1. The highest BCUT2D eigenvalue weighted by Crippen LogP contribution is 2.18. The Labute approximate surface area is 86.4 Å². The van der Waals surface area contributed by atoms with E-state index in [4.69, 9.17) is 0 Å². The number of hydrogen-bond donors (Lipinski definition) is 2. The minimum atomic E-state index is -4.20. The van der Waals surface area contributed by atoms with Crippen LogP contribution in [0.15, 0.2) is 0 Å². The average molecular weight is 224 g/mol. The molecule has 15 heavy (non-hydrogen) atoms. The summed E-state index contributed by atoms with van der Waals surface area (Å²) in [5.41, 5.74) is 0. The summed E-state index contributed by atoms with van der Waals surface area (Å²) >= 11 is 0. The predicted octanol–water partition coefficient (Wildman–Crippen LogP) is 1.05. The van der Waals surface area contributed by atoms with Crippen molar-refractivity contribution in [1.82, 2.24) is 10.6 Å². The Morgan fingerprint density at radius 1 is 1.47 bits per heavy atom. The molecular formula is C9H15F3N2O. The van der Waals surface area contributed by atoms with E-state index in [-0.39, 0.29) is 18.4 Å². The first-order valence-corrected chi connectivity index (χ1v) is 5.04. The molecule has 0 saturated carbocycles. The maximum absolute atomic E-state index is 11.8. The maximum Gasteiger partial charge on any atom is 0.390 e. The van der Waals surface area contributed by atoms with Gasteiger partial charge in [0.2, 0.25) is 5.91 Å². The largest absolute Gasteiger partial charge is 0.390 e. The molecule has 0 aliphatic carbocycles. The molecule has 0 radical (unpaired) electrons. The molecule has 0 unspecified atom stereocenters. The number of carbonyl (C=O) groups excluding carboxylic acids is 1. The molecule has 0 aromatic carbocycles. The molecule has 1 aliphatic heterocycles. The lowest BCUT2D eigenvalue weighted by Gasteiger charge is -2.21. The van der Waals surface area contributed by atoms with E-state index in [9.17, 15) is 18.0 Å². The van der Waals surface area contributed by atoms with E-state index >= 15 is 0 Å². The van der Waals surface area contributed by atoms with Crippen molar-refractivity contribution in [2.24, 2.45) is 5.92 Å². The lowest BCUT2D eigenvalue weighted by molar-refractivity contribution is -0.136. The van der Waals surface area contributed by atoms with Crippen molar-refractivity contribution >= 4 is 5.91 Å². The van der Waals surface area contributed by atoms with Crippen LogP contribution < -0.4 is 10.6 Å². The highest BCUT2D eigenvalue weighted by atomic mass is 19.4. The Morgan fingerprint density at radius 2 is 2.20 bits per heavy atom. The van der Waals surface area contributed by atoms with Gasteiger partial charge in [0.25, 0.3) is 0 Å². The van der Waals surface area contributed by atoms with Crippen LogP contribution in [0.2, 0.25) is 0 Å². The first-order valence-electron chi connectivity index (χ1n) is 5.04. The highest BCUT2D eigenvalue weighted by Gasteiger charge is 2.27. The van der Waals surface area contributed by atoms with E-state index in [1.807, 2.05) is 0 Å². The second kappa shape index (κ2) is 5.34. The number of amides is 1. The van der Waals surface area contributed by atoms with Crippen molar-refractivity contribution in [3.8, 4) is 0 Å². The molecule has 1 saturated heterocycles. The van der Waals surface area contributed by atoms with Crippen LogP contribution in [0.25, 0.3) is 0 Å². The number of carbonyl (C=O) groups is 1. The molecular weight excluding hydrogens is 209 g/mol. The summed E-state index contributed by atoms with van der Waals surface area (Å²) in [6.45, 7) is 1.13. The van der Waals surface area contributed by atoms with Gasteiger partial charge in [-0.25, -0.2) is 0 Å². The van der Waals surface area contributed by atoms with Crippen LogP contribution >= 0.6 is 0 Å². The quantitative estimate of drug-likeness (QED) is 0.752. The Kier molecular flexibility index (Phi) is 4.38. The molecule has 1 rings (SSSR count). The molecule has 2 N–H and O–H groups in total. The summed E-state index contributed by atoms with van der Waals surface area (Å²) in [6.07, 6.45) is -3.50. The van der Waals surface area contributed by atoms with Crippen molar-refractivity contribution in [2.45, 2.75) is 25.4 Å². The van der Waals surface area contributed by atoms with E-state index in [1.165, 1.54) is 0 Å². The molecule has 0 aromatic heterocycles. The predicted molar refractivity (Wildman–Crippen MR) is 49.3 cm³/mol. The van der Waals surface area contributed by atoms with Crippen molar-refractivity contribution in [1.29, 1.82) is 0 Å². The summed E-state index contributed by atoms with van der Waals surface area (Å²) in [5.74, 6) is -0.446. The summed E-state index contributed by atoms with van der Waals surface area (Å²) < 4.78 is 35.4. The van der Waals surface area contributed by atoms with Crippen LogP contribution in [0.4, 0.5) is 13.2 Å². The first kappa shape index (κ1) is 12.3. The van der Waals surface area contributed by atoms with Crippen molar-refractivity contribution in [3.05, 3.63) is 0 Å². The molecule has 0 aromatic rings. The summed E-state index contributed by atoms with van der Waals surface area (Å²) in [7, 11) is 0. The molecule has 3 nitrogen and oxygen atoms in total. The zero-order chi connectivity index (χ0) is 11.3. The standard InChI is InChI=1S/C9H15F3N2O/c10-9(11,12)3-5-14-8(15)7-2-1-4-13-6-7/h7,13H,1-6H2,(H,14,15)/t7-/m0/s1. The van der Waals surface area contributed by atoms with Crippen LogP contribution in [-0.2, 0) is 4.79 Å². The monoisotopic (exact) mass is 224 g/mol. The summed E-state index contributed by atoms with van der Waals surface area (Å²) in [4.78, 5) is 11.4. The number of piperidine rings is 1. The van der Waals surface area contributed by atoms with E-state index < -0.39 is 12.6 Å². The lowest BCUT2D eigenvalue weighted by Crippen LogP contribution is -2.41. The van der Waals surface area contributed by atoms with Gasteiger partial charge in [-0.15, -0.1) is 0 Å². The fraction of sp³-hybridized carbons (Fsp3) is 0.889. The Hall–Kier alpha value is -0.780. The van der Waals surface area contributed by atoms with Crippen molar-refractivity contribution in [3.63, 3.8) is 0 Å². The van der Waals surface area contributed by atoms with Gasteiger partial charge in [0.15, 0.2) is 0 Å². The summed E-state index contributed by atoms with van der Waals surface area (Å²) in [5, 5.41) is 5.35. The van der Waals surface area contributed by atoms with Gasteiger partial charge in [0.05, 0.1) is 12.3 Å². The highest BCUT2D eigenvalue weighted by molar-refractivity contribution is 5.78. The smallest absolute Gasteiger partial charge is 0.355 e. The molecule has 88 valence electrons. The molecule has 0 spiro atoms. The fourth-order valence-corrected chi connectivity index (χ4v) is 1.55. The van der Waals surface area contributed by atoms with E-state index in [0.29, 0.717) is 6.54 Å². The normalized spacial score (nSPS) is 22.5. The maximum atomic E-state index is 11.8. The second-order valence-electron chi connectivity index (χ2n) is 3.70. The molecule has 1 amide bonds. The average Bonchev–Trinajstić information content (AvgIpc) is 2.17. The van der Waals surface area contributed by atoms with Gasteiger partial charge < -0.3 is 10.6 Å². The number of alkyl halides is 3. The Bertz CT molecular complexity index is 212. The Morgan fingerprint density at radius 3 is 2.73 bits per heavy atom. The molecule has 6 heteroatoms. The third kappa shape index (κ3) is 5.01. The van der Waals surface area contributed by atoms with E-state index in [2.05, 4.69) is 10.6 Å². The topological polar surface area (TPSA) is 41.1 Å². The van der Waals surface area contributed by atoms with Gasteiger partial charge in [-0.3, -0.25) is 4.79 Å². The summed E-state index contributed by atoms with van der Waals surface area (Å²) in [6, 6.07) is 0. The number of rotatable bonds is 3. The van der Waals surface area contributed by atoms with Crippen LogP contribution in [0.5, 0.6) is 0 Å². The molecule has 1 fully saturated rings. The molecule has 1 aliphatic rings. The number of hydrogen-bond acceptors (Lipinski definition) is 2. The van der Waals surface area contributed by atoms with Gasteiger partial charge in [-0.05, 0) is 19.4 Å². The molecule has 1 atom stereocenters. The van der Waals surface area contributed by atoms with Crippen LogP contribution in [0.3, 0.4) is 0 Å². The minimum Gasteiger partial charge on any atom is -0.355 e. The molecule has 1 heterocycles. The minimum absolute atomic E-state index is 0.174. The van der Waals surface area contributed by atoms with Crippen molar-refractivity contribution in [2.75, 3.05) is 19.6 Å². The van der Waals surface area contributed by atoms with Crippen LogP contribution in [-0.4, -0.2) is 31.7 Å². The zero-order valence-corrected chi connectivity index (χ0v) is 8.36. The second-order valence-corrected chi connectivity index (χ2v) is 3.70. The van der Waals surface area contributed by atoms with Gasteiger partial charge in [-0.1, -0.05) is 0 Å². The van der Waals surface area contributed by atoms with Gasteiger partial charge >= 0.3 is 6.18 Å². The fourth-order valence-electron chi connectivity index (χ4n) is 1.55. The van der Waals surface area contributed by atoms with Crippen LogP contribution in [0, 0.1) is 5.92 Å². The van der Waals surface area contributed by atoms with Crippen molar-refractivity contribution < 1.29 is 18.0 Å². The van der Waals surface area contributed by atoms with E-state index in [1.54, 1.807) is 0 Å². The Balaban J connectivity index is 2.17. The number of nitrogens with one attached hydrogen (secondary N) is 2. The zero-order valence-electron chi connectivity index (χ0n) is 8.36.